The molecule has 0 saturated carbocycles. The van der Waals surface area contributed by atoms with Crippen molar-refractivity contribution in [1.82, 2.24) is 31.2 Å². The second kappa shape index (κ2) is 20.0. The van der Waals surface area contributed by atoms with Crippen LogP contribution in [0, 0.1) is 11.8 Å². The topological polar surface area (TPSA) is 175 Å². The number of imidazole rings is 1. The first kappa shape index (κ1) is 39.6. The number of carbonyl (C=O) groups excluding carboxylic acids is 4. The van der Waals surface area contributed by atoms with Crippen LogP contribution in [0.4, 0.5) is 4.79 Å². The molecule has 6 N–H and O–H groups in total. The summed E-state index contributed by atoms with van der Waals surface area (Å²) in [5.41, 5.74) is 2.20. The number of aromatic amines is 1. The van der Waals surface area contributed by atoms with Crippen LogP contribution < -0.4 is 21.3 Å². The van der Waals surface area contributed by atoms with Crippen LogP contribution in [0.15, 0.2) is 85.3 Å². The van der Waals surface area contributed by atoms with Gasteiger partial charge in [0.1, 0.15) is 18.7 Å². The Morgan fingerprint density at radius 3 is 2.23 bits per heavy atom. The third-order valence-corrected chi connectivity index (χ3v) is 9.46. The molecule has 6 atom stereocenters. The minimum atomic E-state index is -1.17. The van der Waals surface area contributed by atoms with Gasteiger partial charge in [-0.2, -0.15) is 0 Å². The molecule has 1 aromatic heterocycles. The zero-order valence-electron chi connectivity index (χ0n) is 30.4. The Morgan fingerprint density at radius 2 is 1.52 bits per heavy atom. The number of alkyl carbamates (subject to hydrolysis) is 1. The van der Waals surface area contributed by atoms with E-state index < -0.39 is 42.1 Å². The average Bonchev–Trinajstić information content (AvgIpc) is 3.68. The Labute approximate surface area is 305 Å². The maximum absolute atomic E-state index is 14.2. The molecule has 3 aromatic carbocycles. The quantitative estimate of drug-likeness (QED) is 0.0826. The Balaban J connectivity index is 1.55. The number of H-pyrrole nitrogens is 1. The second-order valence-corrected chi connectivity index (χ2v) is 13.5. The van der Waals surface area contributed by atoms with Gasteiger partial charge < -0.3 is 36.1 Å². The van der Waals surface area contributed by atoms with Crippen LogP contribution in [-0.2, 0) is 38.6 Å². The summed E-state index contributed by atoms with van der Waals surface area (Å²) in [7, 11) is 0. The van der Waals surface area contributed by atoms with Gasteiger partial charge in [-0.05, 0) is 33.7 Å². The smallest absolute Gasteiger partial charge is 0.408 e. The molecule has 1 heterocycles. The highest BCUT2D eigenvalue weighted by atomic mass is 16.5. The summed E-state index contributed by atoms with van der Waals surface area (Å²) in [4.78, 5) is 61.0. The molecule has 4 rings (SSSR count). The maximum Gasteiger partial charge on any atom is 0.408 e. The van der Waals surface area contributed by atoms with E-state index in [2.05, 4.69) is 31.2 Å². The van der Waals surface area contributed by atoms with E-state index >= 15 is 0 Å². The van der Waals surface area contributed by atoms with Crippen molar-refractivity contribution in [3.05, 3.63) is 102 Å². The van der Waals surface area contributed by atoms with Gasteiger partial charge in [0.2, 0.25) is 17.7 Å². The number of aliphatic hydroxyl groups is 1. The van der Waals surface area contributed by atoms with Crippen molar-refractivity contribution in [3.8, 4) is 0 Å². The van der Waals surface area contributed by atoms with Crippen molar-refractivity contribution >= 4 is 34.6 Å². The minimum Gasteiger partial charge on any atom is -0.445 e. The van der Waals surface area contributed by atoms with E-state index in [4.69, 9.17) is 4.74 Å². The van der Waals surface area contributed by atoms with Crippen molar-refractivity contribution in [1.29, 1.82) is 0 Å². The number of nitrogens with one attached hydrogen (secondary N) is 5. The van der Waals surface area contributed by atoms with E-state index in [0.717, 1.165) is 28.3 Å². The highest BCUT2D eigenvalue weighted by Crippen LogP contribution is 2.21. The summed E-state index contributed by atoms with van der Waals surface area (Å²) in [6.07, 6.45) is 2.59. The van der Waals surface area contributed by atoms with Gasteiger partial charge in [-0.3, -0.25) is 14.4 Å². The third kappa shape index (κ3) is 11.9. The number of benzene rings is 3. The fourth-order valence-electron chi connectivity index (χ4n) is 5.86. The molecule has 12 heteroatoms. The Bertz CT molecular complexity index is 1730. The van der Waals surface area contributed by atoms with Crippen molar-refractivity contribution in [2.24, 2.45) is 11.8 Å². The number of rotatable bonds is 19. The molecule has 0 radical (unpaired) electrons. The number of hydrogen-bond donors (Lipinski definition) is 6. The normalized spacial score (nSPS) is 14.6. The third-order valence-electron chi connectivity index (χ3n) is 9.46. The van der Waals surface area contributed by atoms with Crippen LogP contribution in [0.5, 0.6) is 0 Å². The van der Waals surface area contributed by atoms with Crippen LogP contribution >= 0.6 is 0 Å². The molecule has 0 aliphatic heterocycles. The lowest BCUT2D eigenvalue weighted by molar-refractivity contribution is -0.131. The van der Waals surface area contributed by atoms with Gasteiger partial charge >= 0.3 is 6.09 Å². The largest absolute Gasteiger partial charge is 0.445 e. The number of hydrogen-bond acceptors (Lipinski definition) is 7. The molecular weight excluding hydrogens is 660 g/mol. The number of amides is 4. The number of nitrogens with zero attached hydrogens (tertiary/aromatic N) is 1. The van der Waals surface area contributed by atoms with E-state index in [1.54, 1.807) is 6.20 Å². The van der Waals surface area contributed by atoms with E-state index in [1.165, 1.54) is 6.33 Å². The number of ether oxygens (including phenoxy) is 1. The summed E-state index contributed by atoms with van der Waals surface area (Å²) in [6, 6.07) is 19.7. The van der Waals surface area contributed by atoms with Gasteiger partial charge in [0.05, 0.1) is 24.9 Å². The first-order chi connectivity index (χ1) is 25.1. The fraction of sp³-hybridized carbons (Fsp3) is 0.425. The summed E-state index contributed by atoms with van der Waals surface area (Å²) in [5, 5.41) is 24.5. The molecule has 0 bridgehead atoms. The predicted molar refractivity (Wildman–Crippen MR) is 200 cm³/mol. The molecular formula is C40H52N6O6. The molecule has 12 nitrogen and oxygen atoms in total. The van der Waals surface area contributed by atoms with Gasteiger partial charge in [-0.15, -0.1) is 0 Å². The van der Waals surface area contributed by atoms with E-state index in [9.17, 15) is 24.3 Å². The first-order valence-corrected chi connectivity index (χ1v) is 18.0. The van der Waals surface area contributed by atoms with Crippen molar-refractivity contribution < 1.29 is 29.0 Å². The second-order valence-electron chi connectivity index (χ2n) is 13.5. The van der Waals surface area contributed by atoms with Gasteiger partial charge in [0.15, 0.2) is 0 Å². The predicted octanol–water partition coefficient (Wildman–Crippen LogP) is 4.57. The Kier molecular flexibility index (Phi) is 15.2. The zero-order valence-corrected chi connectivity index (χ0v) is 30.4. The van der Waals surface area contributed by atoms with Gasteiger partial charge in [-0.1, -0.05) is 113 Å². The monoisotopic (exact) mass is 712 g/mol. The molecule has 0 fully saturated rings. The van der Waals surface area contributed by atoms with Crippen LogP contribution in [-0.4, -0.2) is 69.7 Å². The van der Waals surface area contributed by atoms with Crippen molar-refractivity contribution in [3.63, 3.8) is 0 Å². The van der Waals surface area contributed by atoms with Crippen molar-refractivity contribution in [2.75, 3.05) is 6.54 Å². The highest BCUT2D eigenvalue weighted by molar-refractivity contribution is 5.93. The molecule has 0 aliphatic rings. The lowest BCUT2D eigenvalue weighted by Crippen LogP contribution is -2.58. The first-order valence-electron chi connectivity index (χ1n) is 18.0. The minimum absolute atomic E-state index is 0.00904. The molecule has 0 aliphatic carbocycles. The molecule has 4 unspecified atom stereocenters. The zero-order chi connectivity index (χ0) is 37.5. The fourth-order valence-corrected chi connectivity index (χ4v) is 5.86. The Morgan fingerprint density at radius 1 is 0.827 bits per heavy atom. The van der Waals surface area contributed by atoms with Crippen LogP contribution in [0.2, 0.25) is 0 Å². The van der Waals surface area contributed by atoms with Crippen LogP contribution in [0.25, 0.3) is 10.8 Å². The lowest BCUT2D eigenvalue weighted by Gasteiger charge is -2.31. The summed E-state index contributed by atoms with van der Waals surface area (Å²) in [5.74, 6) is -1.36. The number of aromatic nitrogens is 2. The lowest BCUT2D eigenvalue weighted by atomic mass is 9.91. The average molecular weight is 713 g/mol. The van der Waals surface area contributed by atoms with E-state index in [0.29, 0.717) is 24.6 Å². The van der Waals surface area contributed by atoms with Crippen molar-refractivity contribution in [2.45, 2.75) is 90.6 Å². The molecule has 4 amide bonds. The molecule has 278 valence electrons. The summed E-state index contributed by atoms with van der Waals surface area (Å²) < 4.78 is 5.47. The van der Waals surface area contributed by atoms with Gasteiger partial charge in [0, 0.05) is 31.3 Å². The van der Waals surface area contributed by atoms with E-state index in [-0.39, 0.29) is 37.7 Å². The summed E-state index contributed by atoms with van der Waals surface area (Å²) >= 11 is 0. The highest BCUT2D eigenvalue weighted by Gasteiger charge is 2.33. The summed E-state index contributed by atoms with van der Waals surface area (Å²) in [6.45, 7) is 8.40. The number of carbonyl (C=O) groups is 4. The molecule has 4 aromatic rings. The molecule has 0 saturated heterocycles. The molecule has 0 spiro atoms. The van der Waals surface area contributed by atoms with Gasteiger partial charge in [-0.25, -0.2) is 9.78 Å². The Hall–Kier alpha value is -5.23. The van der Waals surface area contributed by atoms with Gasteiger partial charge in [0.25, 0.3) is 0 Å². The number of fused-ring (bicyclic) bond motifs is 1. The maximum atomic E-state index is 14.2. The van der Waals surface area contributed by atoms with Crippen LogP contribution in [0.1, 0.15) is 63.8 Å². The SMILES string of the molecule is CCC(C)CNC(=O)CC(O)C(NC(=O)[C@H](Cc1cnc[nH]1)NC(=O)[C@H](Cc1cccc2ccccc12)NC(=O)OCc1ccccc1)C(C)CC. The van der Waals surface area contributed by atoms with E-state index in [1.807, 2.05) is 100 Å². The standard InChI is InChI=1S/C40H52N6O6/c1-5-26(3)22-42-36(48)21-35(47)37(27(4)6-2)46-39(50)34(20-31-23-41-25-43-31)44-38(49)33(45-40(51)52-24-28-13-8-7-9-14-28)19-30-17-12-16-29-15-10-11-18-32(29)30/h7-18,23,25-27,33-35,37,47H,5-6,19-22,24H2,1-4H3,(H,41,43)(H,42,48)(H,44,49)(H,45,51)(H,46,50)/t26?,27?,33-,34-,35?,37?/m0/s1. The number of aliphatic hydroxyl groups excluding tert-OH is 1. The van der Waals surface area contributed by atoms with Crippen LogP contribution in [0.3, 0.4) is 0 Å². The molecule has 52 heavy (non-hydrogen) atoms.